The maximum absolute atomic E-state index is 5.02. The highest BCUT2D eigenvalue weighted by atomic mass is 127. The summed E-state index contributed by atoms with van der Waals surface area (Å²) in [5.74, 6) is 0.821. The molecule has 0 radical (unpaired) electrons. The van der Waals surface area contributed by atoms with Gasteiger partial charge in [-0.2, -0.15) is 0 Å². The van der Waals surface area contributed by atoms with Crippen molar-refractivity contribution in [3.63, 3.8) is 0 Å². The van der Waals surface area contributed by atoms with Crippen LogP contribution in [-0.4, -0.2) is 46.9 Å². The van der Waals surface area contributed by atoms with Crippen molar-refractivity contribution in [2.24, 2.45) is 4.99 Å². The molecule has 2 N–H and O–H groups in total. The molecule has 1 aromatic rings. The van der Waals surface area contributed by atoms with Crippen LogP contribution < -0.4 is 15.5 Å². The van der Waals surface area contributed by atoms with Crippen LogP contribution >= 0.6 is 24.0 Å². The Kier molecular flexibility index (Phi) is 11.1. The monoisotopic (exact) mass is 406 g/mol. The molecular weight excluding hydrogens is 379 g/mol. The van der Waals surface area contributed by atoms with Gasteiger partial charge < -0.3 is 20.3 Å². The van der Waals surface area contributed by atoms with E-state index in [9.17, 15) is 0 Å². The fraction of sp³-hybridized carbons (Fsp3) is 0.533. The molecule has 1 rings (SSSR count). The van der Waals surface area contributed by atoms with Gasteiger partial charge in [-0.3, -0.25) is 0 Å². The Morgan fingerprint density at radius 1 is 1.19 bits per heavy atom. The van der Waals surface area contributed by atoms with Crippen molar-refractivity contribution in [1.82, 2.24) is 10.6 Å². The second-order valence-electron chi connectivity index (χ2n) is 4.68. The van der Waals surface area contributed by atoms with Crippen molar-refractivity contribution in [2.45, 2.75) is 13.5 Å². The lowest BCUT2D eigenvalue weighted by Gasteiger charge is -2.13. The molecule has 1 aromatic carbocycles. The lowest BCUT2D eigenvalue weighted by Crippen LogP contribution is -2.38. The minimum absolute atomic E-state index is 0. The van der Waals surface area contributed by atoms with E-state index in [1.807, 2.05) is 14.1 Å². The zero-order valence-electron chi connectivity index (χ0n) is 13.3. The van der Waals surface area contributed by atoms with E-state index >= 15 is 0 Å². The summed E-state index contributed by atoms with van der Waals surface area (Å²) in [4.78, 5) is 6.64. The Morgan fingerprint density at radius 3 is 2.38 bits per heavy atom. The van der Waals surface area contributed by atoms with Crippen molar-refractivity contribution in [2.75, 3.05) is 45.8 Å². The van der Waals surface area contributed by atoms with Gasteiger partial charge in [-0.15, -0.1) is 24.0 Å². The number of guanidine groups is 1. The molecule has 0 saturated heterocycles. The van der Waals surface area contributed by atoms with E-state index in [1.165, 1.54) is 11.3 Å². The van der Waals surface area contributed by atoms with Crippen LogP contribution in [0.25, 0.3) is 0 Å². The van der Waals surface area contributed by atoms with E-state index in [0.29, 0.717) is 13.2 Å². The van der Waals surface area contributed by atoms with Crippen LogP contribution in [-0.2, 0) is 11.3 Å². The summed E-state index contributed by atoms with van der Waals surface area (Å²) in [5, 5.41) is 6.44. The molecule has 0 amide bonds. The topological polar surface area (TPSA) is 48.9 Å². The van der Waals surface area contributed by atoms with E-state index in [-0.39, 0.29) is 24.0 Å². The molecule has 6 heteroatoms. The second kappa shape index (κ2) is 11.6. The Labute approximate surface area is 145 Å². The molecule has 0 aliphatic rings. The third-order valence-corrected chi connectivity index (χ3v) is 2.82. The number of hydrogen-bond donors (Lipinski definition) is 2. The summed E-state index contributed by atoms with van der Waals surface area (Å²) in [5.41, 5.74) is 2.39. The molecule has 0 aliphatic carbocycles. The number of nitrogens with zero attached hydrogens (tertiary/aromatic N) is 2. The van der Waals surface area contributed by atoms with E-state index < -0.39 is 0 Å². The lowest BCUT2D eigenvalue weighted by molar-refractivity contribution is 0.203. The predicted octanol–water partition coefficient (Wildman–Crippen LogP) is 2.07. The number of nitrogens with one attached hydrogen (secondary N) is 2. The first-order valence-corrected chi connectivity index (χ1v) is 6.94. The molecule has 0 atom stereocenters. The summed E-state index contributed by atoms with van der Waals surface area (Å²) in [6, 6.07) is 8.43. The van der Waals surface area contributed by atoms with Crippen molar-refractivity contribution < 1.29 is 4.74 Å². The number of ether oxygens (including phenoxy) is 1. The van der Waals surface area contributed by atoms with Crippen LogP contribution in [0.3, 0.4) is 0 Å². The van der Waals surface area contributed by atoms with Crippen LogP contribution in [0, 0.1) is 0 Å². The van der Waals surface area contributed by atoms with Gasteiger partial charge in [0.15, 0.2) is 5.96 Å². The van der Waals surface area contributed by atoms with Gasteiger partial charge in [0.2, 0.25) is 0 Å². The average molecular weight is 406 g/mol. The smallest absolute Gasteiger partial charge is 0.191 e. The highest BCUT2D eigenvalue weighted by Gasteiger charge is 1.98. The van der Waals surface area contributed by atoms with E-state index in [2.05, 4.69) is 51.7 Å². The van der Waals surface area contributed by atoms with Gasteiger partial charge in [0.05, 0.1) is 13.2 Å². The Balaban J connectivity index is 0.00000400. The molecule has 0 saturated carbocycles. The summed E-state index contributed by atoms with van der Waals surface area (Å²) in [6.45, 7) is 4.98. The van der Waals surface area contributed by atoms with Crippen LogP contribution in [0.1, 0.15) is 12.5 Å². The third kappa shape index (κ3) is 8.11. The minimum Gasteiger partial charge on any atom is -0.383 e. The minimum atomic E-state index is 0. The first-order chi connectivity index (χ1) is 9.67. The zero-order chi connectivity index (χ0) is 14.8. The Morgan fingerprint density at radius 2 is 1.86 bits per heavy atom. The molecular formula is C15H27IN4O. The molecule has 0 heterocycles. The van der Waals surface area contributed by atoms with E-state index in [4.69, 9.17) is 4.74 Å². The van der Waals surface area contributed by atoms with Crippen LogP contribution in [0.5, 0.6) is 0 Å². The highest BCUT2D eigenvalue weighted by Crippen LogP contribution is 2.12. The van der Waals surface area contributed by atoms with Gasteiger partial charge in [-0.05, 0) is 24.6 Å². The number of halogens is 1. The van der Waals surface area contributed by atoms with Crippen molar-refractivity contribution in [1.29, 1.82) is 0 Å². The van der Waals surface area contributed by atoms with Crippen LogP contribution in [0.15, 0.2) is 29.3 Å². The Hall–Kier alpha value is -1.02. The molecule has 0 bridgehead atoms. The molecule has 0 spiro atoms. The maximum Gasteiger partial charge on any atom is 0.191 e. The van der Waals surface area contributed by atoms with Crippen LogP contribution in [0.4, 0.5) is 5.69 Å². The summed E-state index contributed by atoms with van der Waals surface area (Å²) in [7, 11) is 5.77. The summed E-state index contributed by atoms with van der Waals surface area (Å²) in [6.07, 6.45) is 0. The maximum atomic E-state index is 5.02. The normalized spacial score (nSPS) is 10.8. The SMILES string of the molecule is CCNC(=NCc1ccc(N(C)C)cc1)NCCOC.I. The molecule has 0 aromatic heterocycles. The van der Waals surface area contributed by atoms with Gasteiger partial charge >= 0.3 is 0 Å². The molecule has 21 heavy (non-hydrogen) atoms. The average Bonchev–Trinajstić information content (AvgIpc) is 2.45. The first kappa shape index (κ1) is 20.0. The predicted molar refractivity (Wildman–Crippen MR) is 101 cm³/mol. The van der Waals surface area contributed by atoms with Gasteiger partial charge in [0.25, 0.3) is 0 Å². The molecule has 5 nitrogen and oxygen atoms in total. The van der Waals surface area contributed by atoms with Gasteiger partial charge in [-0.25, -0.2) is 4.99 Å². The molecule has 0 aliphatic heterocycles. The summed E-state index contributed by atoms with van der Waals surface area (Å²) >= 11 is 0. The second-order valence-corrected chi connectivity index (χ2v) is 4.68. The number of rotatable bonds is 7. The van der Waals surface area contributed by atoms with Gasteiger partial charge in [0, 0.05) is 40.0 Å². The van der Waals surface area contributed by atoms with Gasteiger partial charge in [0.1, 0.15) is 0 Å². The largest absolute Gasteiger partial charge is 0.383 e. The third-order valence-electron chi connectivity index (χ3n) is 2.82. The number of methoxy groups -OCH3 is 1. The van der Waals surface area contributed by atoms with Crippen molar-refractivity contribution in [3.05, 3.63) is 29.8 Å². The molecule has 0 fully saturated rings. The van der Waals surface area contributed by atoms with Crippen LogP contribution in [0.2, 0.25) is 0 Å². The Bertz CT molecular complexity index is 407. The molecule has 120 valence electrons. The quantitative estimate of drug-likeness (QED) is 0.315. The number of anilines is 1. The van der Waals surface area contributed by atoms with Gasteiger partial charge in [-0.1, -0.05) is 12.1 Å². The molecule has 0 unspecified atom stereocenters. The fourth-order valence-corrected chi connectivity index (χ4v) is 1.68. The lowest BCUT2D eigenvalue weighted by atomic mass is 10.2. The van der Waals surface area contributed by atoms with E-state index in [0.717, 1.165) is 19.0 Å². The number of benzene rings is 1. The standard InChI is InChI=1S/C15H26N4O.HI/c1-5-16-15(17-10-11-20-4)18-12-13-6-8-14(9-7-13)19(2)3;/h6-9H,5,10-12H2,1-4H3,(H2,16,17,18);1H. The fourth-order valence-electron chi connectivity index (χ4n) is 1.68. The number of aliphatic imine (C=N–C) groups is 1. The van der Waals surface area contributed by atoms with E-state index in [1.54, 1.807) is 7.11 Å². The highest BCUT2D eigenvalue weighted by molar-refractivity contribution is 14.0. The van der Waals surface area contributed by atoms with Crippen molar-refractivity contribution >= 4 is 35.6 Å². The first-order valence-electron chi connectivity index (χ1n) is 6.94. The van der Waals surface area contributed by atoms with Crippen molar-refractivity contribution in [3.8, 4) is 0 Å². The zero-order valence-corrected chi connectivity index (χ0v) is 15.7. The number of hydrogen-bond acceptors (Lipinski definition) is 3. The summed E-state index contributed by atoms with van der Waals surface area (Å²) < 4.78 is 5.02.